The number of ether oxygens (including phenoxy) is 3. The van der Waals surface area contributed by atoms with E-state index in [1.54, 1.807) is 18.2 Å². The van der Waals surface area contributed by atoms with Crippen LogP contribution < -0.4 is 9.47 Å². The molecule has 0 radical (unpaired) electrons. The number of methoxy groups -OCH3 is 2. The van der Waals surface area contributed by atoms with Gasteiger partial charge in [-0.1, -0.05) is 64.5 Å². The van der Waals surface area contributed by atoms with Crippen molar-refractivity contribution in [2.75, 3.05) is 20.8 Å². The van der Waals surface area contributed by atoms with Gasteiger partial charge < -0.3 is 14.2 Å². The van der Waals surface area contributed by atoms with Crippen LogP contribution in [-0.4, -0.2) is 32.6 Å². The number of Topliss-reactive ketones (excluding diaryl/α,β-unsaturated/α-hetero) is 1. The fourth-order valence-corrected chi connectivity index (χ4v) is 3.91. The van der Waals surface area contributed by atoms with E-state index in [2.05, 4.69) is 34.6 Å². The second kappa shape index (κ2) is 15.8. The summed E-state index contributed by atoms with van der Waals surface area (Å²) in [7, 11) is 4.18. The lowest BCUT2D eigenvalue weighted by Gasteiger charge is -2.26. The fourth-order valence-electron chi connectivity index (χ4n) is 3.91. The van der Waals surface area contributed by atoms with Crippen molar-refractivity contribution in [2.24, 2.45) is 17.3 Å². The molecule has 0 amide bonds. The molecule has 0 N–H and O–H groups in total. The molecule has 7 heteroatoms. The number of esters is 1. The van der Waals surface area contributed by atoms with Crippen molar-refractivity contribution in [3.8, 4) is 11.5 Å². The summed E-state index contributed by atoms with van der Waals surface area (Å²) in [6, 6.07) is 5.18. The number of carbonyl (C=O) groups excluding carboxylic acids is 2. The van der Waals surface area contributed by atoms with Crippen molar-refractivity contribution in [1.29, 1.82) is 0 Å². The third-order valence-electron chi connectivity index (χ3n) is 5.12. The summed E-state index contributed by atoms with van der Waals surface area (Å²) in [6.45, 7) is 11.1. The molecule has 0 bridgehead atoms. The molecule has 0 aliphatic carbocycles. The van der Waals surface area contributed by atoms with E-state index < -0.39 is 11.9 Å². The van der Waals surface area contributed by atoms with Gasteiger partial charge in [0.2, 0.25) is 0 Å². The molecule has 0 aliphatic rings. The third-order valence-corrected chi connectivity index (χ3v) is 5.12. The molecule has 3 atom stereocenters. The molecule has 182 valence electrons. The number of unbranched alkanes of at least 4 members (excludes halogenated alkanes) is 3. The van der Waals surface area contributed by atoms with Gasteiger partial charge in [0, 0.05) is 0 Å². The minimum absolute atomic E-state index is 0.110. The van der Waals surface area contributed by atoms with Gasteiger partial charge in [-0.15, -0.1) is 0 Å². The maximum absolute atomic E-state index is 13.5. The maximum atomic E-state index is 13.5. The number of rotatable bonds is 13. The second-order valence-electron chi connectivity index (χ2n) is 9.29. The van der Waals surface area contributed by atoms with Gasteiger partial charge in [-0.2, -0.15) is 0 Å². The molecular weight excluding hydrogens is 427 g/mol. The normalized spacial score (nSPS) is 12.7. The van der Waals surface area contributed by atoms with Gasteiger partial charge in [0.25, 0.3) is 0 Å². The minimum Gasteiger partial charge on any atom is -0.496 e. The van der Waals surface area contributed by atoms with Crippen molar-refractivity contribution in [3.63, 3.8) is 0 Å². The van der Waals surface area contributed by atoms with Crippen LogP contribution in [0.4, 0.5) is 0 Å². The van der Waals surface area contributed by atoms with Crippen molar-refractivity contribution in [2.45, 2.75) is 73.1 Å². The average molecular weight is 470 g/mol. The number of hydrogen-bond donors (Lipinski definition) is 0. The Morgan fingerprint density at radius 3 is 2.03 bits per heavy atom. The first-order valence-corrected chi connectivity index (χ1v) is 11.8. The van der Waals surface area contributed by atoms with Crippen molar-refractivity contribution in [3.05, 3.63) is 23.8 Å². The quantitative estimate of drug-likeness (QED) is 0.111. The van der Waals surface area contributed by atoms with Crippen LogP contribution in [0.3, 0.4) is 0 Å². The molecule has 0 saturated heterocycles. The van der Waals surface area contributed by atoms with Gasteiger partial charge in [-0.25, -0.2) is 0 Å². The van der Waals surface area contributed by atoms with Crippen LogP contribution in [0.5, 0.6) is 11.5 Å². The van der Waals surface area contributed by atoms with Gasteiger partial charge in [0.1, 0.15) is 23.0 Å². The van der Waals surface area contributed by atoms with Crippen LogP contribution in [0.2, 0.25) is 0 Å². The van der Waals surface area contributed by atoms with E-state index in [4.69, 9.17) is 18.8 Å². The Morgan fingerprint density at radius 1 is 1.00 bits per heavy atom. The standard InChI is InChI=1S/C25H40O5.H2OP/c1-8-9-10-11-15-30-24(27)19(16-18(2)17-25(3,4)5)23(26)22-20(28-6)13-12-14-21(22)29-7;1-2/h12-14,18-19H,8-11,15-17H2,1-7H3;2H2/q;+1. The summed E-state index contributed by atoms with van der Waals surface area (Å²) in [5.74, 6) is -0.632. The third kappa shape index (κ3) is 10.6. The molecule has 6 nitrogen and oxygen atoms in total. The zero-order chi connectivity index (χ0) is 24.7. The van der Waals surface area contributed by atoms with Crippen LogP contribution in [0.25, 0.3) is 0 Å². The van der Waals surface area contributed by atoms with Gasteiger partial charge in [0.05, 0.1) is 20.8 Å². The molecule has 0 fully saturated rings. The monoisotopic (exact) mass is 469 g/mol. The Balaban J connectivity index is 0.00000466. The van der Waals surface area contributed by atoms with E-state index in [9.17, 15) is 9.59 Å². The highest BCUT2D eigenvalue weighted by molar-refractivity contribution is 7.00. The largest absolute Gasteiger partial charge is 0.496 e. The fraction of sp³-hybridized carbons (Fsp3) is 0.680. The Kier molecular flexibility index (Phi) is 14.8. The summed E-state index contributed by atoms with van der Waals surface area (Å²) >= 11 is 0. The minimum atomic E-state index is -0.876. The van der Waals surface area contributed by atoms with Crippen molar-refractivity contribution < 1.29 is 28.4 Å². The Hall–Kier alpha value is -1.94. The molecule has 32 heavy (non-hydrogen) atoms. The topological polar surface area (TPSA) is 78.9 Å². The van der Waals surface area contributed by atoms with Crippen LogP contribution >= 0.6 is 9.12 Å². The number of benzene rings is 1. The summed E-state index contributed by atoms with van der Waals surface area (Å²) in [5.41, 5.74) is 0.414. The van der Waals surface area contributed by atoms with Gasteiger partial charge in [-0.3, -0.25) is 9.59 Å². The average Bonchev–Trinajstić information content (AvgIpc) is 2.76. The van der Waals surface area contributed by atoms with Crippen LogP contribution in [0.1, 0.15) is 83.5 Å². The van der Waals surface area contributed by atoms with E-state index in [1.807, 2.05) is 0 Å². The number of hydrogen-bond acceptors (Lipinski definition) is 6. The molecule has 0 aliphatic heterocycles. The van der Waals surface area contributed by atoms with E-state index in [-0.39, 0.29) is 17.1 Å². The lowest BCUT2D eigenvalue weighted by molar-refractivity contribution is -0.147. The van der Waals surface area contributed by atoms with Crippen LogP contribution in [0.15, 0.2) is 18.2 Å². The molecule has 1 aromatic rings. The predicted molar refractivity (Wildman–Crippen MR) is 131 cm³/mol. The van der Waals surface area contributed by atoms with E-state index in [0.717, 1.165) is 32.1 Å². The lowest BCUT2D eigenvalue weighted by atomic mass is 9.80. The Morgan fingerprint density at radius 2 is 1.56 bits per heavy atom. The van der Waals surface area contributed by atoms with Crippen molar-refractivity contribution in [1.82, 2.24) is 0 Å². The molecule has 1 aromatic carbocycles. The summed E-state index contributed by atoms with van der Waals surface area (Å²) in [6.07, 6.45) is 5.40. The molecule has 0 heterocycles. The highest BCUT2D eigenvalue weighted by Crippen LogP contribution is 2.34. The number of carbonyl (C=O) groups is 2. The molecule has 3 unspecified atom stereocenters. The van der Waals surface area contributed by atoms with E-state index >= 15 is 0 Å². The van der Waals surface area contributed by atoms with Crippen molar-refractivity contribution >= 4 is 20.9 Å². The highest BCUT2D eigenvalue weighted by atomic mass is 31.0. The zero-order valence-electron chi connectivity index (χ0n) is 20.9. The SMILES string of the molecule is CCCCCCOC(=O)C(CC(C)CC(C)(C)C)C(=O)c1c(OC)cccc1OC.O=[PH2+]. The predicted octanol–water partition coefficient (Wildman–Crippen LogP) is 6.30. The zero-order valence-corrected chi connectivity index (χ0v) is 22.0. The van der Waals surface area contributed by atoms with Gasteiger partial charge in [-0.05, 0) is 42.7 Å². The van der Waals surface area contributed by atoms with E-state index in [0.29, 0.717) is 30.1 Å². The molecule has 0 aromatic heterocycles. The Labute approximate surface area is 196 Å². The summed E-state index contributed by atoms with van der Waals surface area (Å²) in [5, 5.41) is 0. The summed E-state index contributed by atoms with van der Waals surface area (Å²) in [4.78, 5) is 26.5. The first-order chi connectivity index (χ1) is 15.1. The Bertz CT molecular complexity index is 676. The summed E-state index contributed by atoms with van der Waals surface area (Å²) < 4.78 is 24.5. The molecule has 1 rings (SSSR count). The second-order valence-corrected chi connectivity index (χ2v) is 9.29. The molecule has 0 saturated carbocycles. The number of ketones is 1. The van der Waals surface area contributed by atoms with Crippen LogP contribution in [-0.2, 0) is 14.1 Å². The van der Waals surface area contributed by atoms with Gasteiger partial charge >= 0.3 is 15.1 Å². The lowest BCUT2D eigenvalue weighted by Crippen LogP contribution is -2.30. The maximum Gasteiger partial charge on any atom is 0.316 e. The van der Waals surface area contributed by atoms with Gasteiger partial charge in [0.15, 0.2) is 5.78 Å². The highest BCUT2D eigenvalue weighted by Gasteiger charge is 2.35. The molecule has 0 spiro atoms. The van der Waals surface area contributed by atoms with E-state index in [1.165, 1.54) is 23.3 Å². The van der Waals surface area contributed by atoms with Crippen LogP contribution in [0, 0.1) is 17.3 Å². The molecular formula is C25H42O6P+. The first-order valence-electron chi connectivity index (χ1n) is 11.3. The smallest absolute Gasteiger partial charge is 0.316 e. The first kappa shape index (κ1) is 30.1.